The number of benzene rings is 1. The number of rotatable bonds is 1. The van der Waals surface area contributed by atoms with E-state index in [1.165, 1.54) is 0 Å². The van der Waals surface area contributed by atoms with E-state index in [9.17, 15) is 0 Å². The van der Waals surface area contributed by atoms with Gasteiger partial charge in [-0.05, 0) is 12.5 Å². The third-order valence-corrected chi connectivity index (χ3v) is 3.20. The Morgan fingerprint density at radius 3 is 3.12 bits per heavy atom. The number of fused-ring (bicyclic) bond motifs is 1. The molecule has 1 saturated heterocycles. The van der Waals surface area contributed by atoms with Crippen molar-refractivity contribution in [2.24, 2.45) is 5.73 Å². The normalized spacial score (nSPS) is 26.1. The second-order valence-corrected chi connectivity index (χ2v) is 4.24. The molecule has 0 bridgehead atoms. The van der Waals surface area contributed by atoms with Crippen molar-refractivity contribution in [3.8, 4) is 0 Å². The highest BCUT2D eigenvalue weighted by Gasteiger charge is 2.25. The SMILES string of the molecule is NC1CCOCC1n1ncc2ccccc21. The summed E-state index contributed by atoms with van der Waals surface area (Å²) in [7, 11) is 0. The van der Waals surface area contributed by atoms with Crippen LogP contribution in [0.15, 0.2) is 30.5 Å². The van der Waals surface area contributed by atoms with Crippen LogP contribution in [0.25, 0.3) is 10.9 Å². The Morgan fingerprint density at radius 1 is 1.38 bits per heavy atom. The molecule has 0 spiro atoms. The van der Waals surface area contributed by atoms with E-state index in [0.717, 1.165) is 23.9 Å². The predicted octanol–water partition coefficient (Wildman–Crippen LogP) is 1.32. The molecule has 3 rings (SSSR count). The fourth-order valence-electron chi connectivity index (χ4n) is 2.25. The van der Waals surface area contributed by atoms with Gasteiger partial charge in [-0.2, -0.15) is 5.10 Å². The molecule has 2 unspecified atom stereocenters. The third kappa shape index (κ3) is 1.50. The number of hydrogen-bond acceptors (Lipinski definition) is 3. The summed E-state index contributed by atoms with van der Waals surface area (Å²) in [6.45, 7) is 1.42. The number of ether oxygens (including phenoxy) is 1. The number of nitrogens with zero attached hydrogens (tertiary/aromatic N) is 2. The summed E-state index contributed by atoms with van der Waals surface area (Å²) in [5.41, 5.74) is 7.25. The lowest BCUT2D eigenvalue weighted by Crippen LogP contribution is -2.40. The minimum Gasteiger partial charge on any atom is -0.379 e. The summed E-state index contributed by atoms with van der Waals surface area (Å²) in [5.74, 6) is 0. The maximum absolute atomic E-state index is 6.12. The predicted molar refractivity (Wildman–Crippen MR) is 62.2 cm³/mol. The van der Waals surface area contributed by atoms with Gasteiger partial charge in [0, 0.05) is 18.0 Å². The molecule has 4 nitrogen and oxygen atoms in total. The summed E-state index contributed by atoms with van der Waals surface area (Å²) in [6.07, 6.45) is 2.79. The quantitative estimate of drug-likeness (QED) is 0.784. The van der Waals surface area contributed by atoms with Crippen molar-refractivity contribution < 1.29 is 4.74 Å². The maximum atomic E-state index is 6.12. The second-order valence-electron chi connectivity index (χ2n) is 4.24. The molecular formula is C12H15N3O. The van der Waals surface area contributed by atoms with Crippen molar-refractivity contribution in [3.63, 3.8) is 0 Å². The average Bonchev–Trinajstić information content (AvgIpc) is 2.74. The van der Waals surface area contributed by atoms with E-state index >= 15 is 0 Å². The van der Waals surface area contributed by atoms with Gasteiger partial charge in [-0.25, -0.2) is 0 Å². The molecule has 2 aromatic rings. The zero-order valence-electron chi connectivity index (χ0n) is 9.04. The molecule has 1 aliphatic heterocycles. The third-order valence-electron chi connectivity index (χ3n) is 3.20. The van der Waals surface area contributed by atoms with Crippen molar-refractivity contribution in [2.75, 3.05) is 13.2 Å². The minimum absolute atomic E-state index is 0.136. The molecule has 2 heterocycles. The first-order valence-electron chi connectivity index (χ1n) is 5.62. The van der Waals surface area contributed by atoms with Gasteiger partial charge in [-0.3, -0.25) is 4.68 Å². The molecular weight excluding hydrogens is 202 g/mol. The molecule has 2 atom stereocenters. The number of hydrogen-bond donors (Lipinski definition) is 1. The van der Waals surface area contributed by atoms with Crippen LogP contribution in [0.3, 0.4) is 0 Å². The average molecular weight is 217 g/mol. The Labute approximate surface area is 94.0 Å². The van der Waals surface area contributed by atoms with Gasteiger partial charge in [-0.1, -0.05) is 18.2 Å². The smallest absolute Gasteiger partial charge is 0.0911 e. The van der Waals surface area contributed by atoms with Gasteiger partial charge < -0.3 is 10.5 Å². The van der Waals surface area contributed by atoms with Gasteiger partial charge in [-0.15, -0.1) is 0 Å². The van der Waals surface area contributed by atoms with E-state index in [1.54, 1.807) is 0 Å². The van der Waals surface area contributed by atoms with E-state index in [4.69, 9.17) is 10.5 Å². The highest BCUT2D eigenvalue weighted by Crippen LogP contribution is 2.23. The van der Waals surface area contributed by atoms with Gasteiger partial charge in [0.25, 0.3) is 0 Å². The standard InChI is InChI=1S/C12H15N3O/c13-10-5-6-16-8-12(10)15-11-4-2-1-3-9(11)7-14-15/h1-4,7,10,12H,5-6,8,13H2. The van der Waals surface area contributed by atoms with Gasteiger partial charge in [0.15, 0.2) is 0 Å². The number of aromatic nitrogens is 2. The van der Waals surface area contributed by atoms with Crippen LogP contribution >= 0.6 is 0 Å². The monoisotopic (exact) mass is 217 g/mol. The fourth-order valence-corrected chi connectivity index (χ4v) is 2.25. The molecule has 2 N–H and O–H groups in total. The van der Waals surface area contributed by atoms with Crippen molar-refractivity contribution >= 4 is 10.9 Å². The fraction of sp³-hybridized carbons (Fsp3) is 0.417. The van der Waals surface area contributed by atoms with Crippen LogP contribution in [-0.2, 0) is 4.74 Å². The van der Waals surface area contributed by atoms with Gasteiger partial charge in [0.05, 0.1) is 24.4 Å². The van der Waals surface area contributed by atoms with E-state index in [2.05, 4.69) is 17.2 Å². The zero-order chi connectivity index (χ0) is 11.0. The van der Waals surface area contributed by atoms with Crippen LogP contribution < -0.4 is 5.73 Å². The topological polar surface area (TPSA) is 53.1 Å². The van der Waals surface area contributed by atoms with Crippen molar-refractivity contribution in [2.45, 2.75) is 18.5 Å². The zero-order valence-corrected chi connectivity index (χ0v) is 9.04. The molecule has 4 heteroatoms. The lowest BCUT2D eigenvalue weighted by atomic mass is 10.0. The number of para-hydroxylation sites is 1. The first-order valence-corrected chi connectivity index (χ1v) is 5.62. The van der Waals surface area contributed by atoms with Crippen molar-refractivity contribution in [1.29, 1.82) is 0 Å². The molecule has 0 saturated carbocycles. The maximum Gasteiger partial charge on any atom is 0.0911 e. The van der Waals surface area contributed by atoms with Crippen LogP contribution in [0.4, 0.5) is 0 Å². The van der Waals surface area contributed by atoms with E-state index in [1.807, 2.05) is 23.0 Å². The lowest BCUT2D eigenvalue weighted by molar-refractivity contribution is 0.0441. The Bertz CT molecular complexity index is 494. The van der Waals surface area contributed by atoms with Crippen LogP contribution in [-0.4, -0.2) is 29.0 Å². The molecule has 1 aliphatic rings. The molecule has 1 fully saturated rings. The second kappa shape index (κ2) is 3.88. The Morgan fingerprint density at radius 2 is 2.25 bits per heavy atom. The largest absolute Gasteiger partial charge is 0.379 e. The van der Waals surface area contributed by atoms with Crippen LogP contribution in [0, 0.1) is 0 Å². The van der Waals surface area contributed by atoms with E-state index in [0.29, 0.717) is 6.61 Å². The summed E-state index contributed by atoms with van der Waals surface area (Å²) in [4.78, 5) is 0. The summed E-state index contributed by atoms with van der Waals surface area (Å²) >= 11 is 0. The molecule has 0 radical (unpaired) electrons. The van der Waals surface area contributed by atoms with E-state index in [-0.39, 0.29) is 12.1 Å². The Kier molecular flexibility index (Phi) is 2.38. The molecule has 1 aromatic heterocycles. The lowest BCUT2D eigenvalue weighted by Gasteiger charge is -2.29. The summed E-state index contributed by atoms with van der Waals surface area (Å²) in [5, 5.41) is 5.58. The van der Waals surface area contributed by atoms with Gasteiger partial charge in [0.2, 0.25) is 0 Å². The molecule has 16 heavy (non-hydrogen) atoms. The molecule has 0 amide bonds. The first kappa shape index (κ1) is 9.81. The Hall–Kier alpha value is -1.39. The first-order chi connectivity index (χ1) is 7.86. The van der Waals surface area contributed by atoms with Gasteiger partial charge in [0.1, 0.15) is 0 Å². The van der Waals surface area contributed by atoms with Gasteiger partial charge >= 0.3 is 0 Å². The van der Waals surface area contributed by atoms with Crippen LogP contribution in [0.5, 0.6) is 0 Å². The molecule has 1 aromatic carbocycles. The highest BCUT2D eigenvalue weighted by atomic mass is 16.5. The highest BCUT2D eigenvalue weighted by molar-refractivity contribution is 5.78. The van der Waals surface area contributed by atoms with Crippen molar-refractivity contribution in [3.05, 3.63) is 30.5 Å². The minimum atomic E-state index is 0.136. The Balaban J connectivity index is 2.04. The van der Waals surface area contributed by atoms with Crippen LogP contribution in [0.2, 0.25) is 0 Å². The molecule has 0 aliphatic carbocycles. The molecule has 84 valence electrons. The summed E-state index contributed by atoms with van der Waals surface area (Å²) in [6, 6.07) is 8.48. The van der Waals surface area contributed by atoms with E-state index < -0.39 is 0 Å². The number of nitrogens with two attached hydrogens (primary N) is 1. The van der Waals surface area contributed by atoms with Crippen LogP contribution in [0.1, 0.15) is 12.5 Å². The van der Waals surface area contributed by atoms with Crippen molar-refractivity contribution in [1.82, 2.24) is 9.78 Å². The summed E-state index contributed by atoms with van der Waals surface area (Å²) < 4.78 is 7.48.